The van der Waals surface area contributed by atoms with Gasteiger partial charge in [-0.15, -0.1) is 5.10 Å². The van der Waals surface area contributed by atoms with Gasteiger partial charge in [0, 0.05) is 13.7 Å². The van der Waals surface area contributed by atoms with E-state index in [0.29, 0.717) is 26.3 Å². The number of ether oxygens (including phenoxy) is 2. The van der Waals surface area contributed by atoms with Crippen molar-refractivity contribution < 1.29 is 9.47 Å². The van der Waals surface area contributed by atoms with Gasteiger partial charge < -0.3 is 14.8 Å². The average Bonchev–Trinajstić information content (AvgIpc) is 2.91. The van der Waals surface area contributed by atoms with Crippen molar-refractivity contribution in [1.29, 1.82) is 0 Å². The molecule has 0 atom stereocenters. The van der Waals surface area contributed by atoms with E-state index in [1.807, 2.05) is 31.2 Å². The molecule has 1 N–H and O–H groups in total. The number of methoxy groups -OCH3 is 1. The molecule has 7 nitrogen and oxygen atoms in total. The first kappa shape index (κ1) is 15.4. The Morgan fingerprint density at radius 3 is 3.00 bits per heavy atom. The molecule has 2 aromatic rings. The van der Waals surface area contributed by atoms with Crippen molar-refractivity contribution in [2.24, 2.45) is 0 Å². The van der Waals surface area contributed by atoms with Crippen molar-refractivity contribution in [3.05, 3.63) is 35.7 Å². The van der Waals surface area contributed by atoms with Gasteiger partial charge in [-0.05, 0) is 35.0 Å². The zero-order valence-electron chi connectivity index (χ0n) is 12.5. The molecular formula is C14H21N5O2. The van der Waals surface area contributed by atoms with Crippen LogP contribution in [0.5, 0.6) is 5.75 Å². The molecule has 114 valence electrons. The van der Waals surface area contributed by atoms with Crippen LogP contribution in [-0.4, -0.2) is 47.1 Å². The van der Waals surface area contributed by atoms with Crippen molar-refractivity contribution in [3.63, 3.8) is 0 Å². The van der Waals surface area contributed by atoms with Gasteiger partial charge in [-0.3, -0.25) is 0 Å². The third-order valence-corrected chi connectivity index (χ3v) is 2.93. The van der Waals surface area contributed by atoms with Crippen LogP contribution in [0.1, 0.15) is 11.4 Å². The molecular weight excluding hydrogens is 270 g/mol. The van der Waals surface area contributed by atoms with Crippen molar-refractivity contribution in [2.45, 2.75) is 20.0 Å². The highest BCUT2D eigenvalue weighted by Crippen LogP contribution is 2.12. The summed E-state index contributed by atoms with van der Waals surface area (Å²) in [6.45, 7) is 5.22. The lowest BCUT2D eigenvalue weighted by Crippen LogP contribution is -2.22. The molecule has 1 aromatic heterocycles. The smallest absolute Gasteiger partial charge is 0.165 e. The molecule has 0 aliphatic rings. The fraction of sp³-hybridized carbons (Fsp3) is 0.500. The lowest BCUT2D eigenvalue weighted by atomic mass is 10.2. The van der Waals surface area contributed by atoms with Crippen LogP contribution in [-0.2, 0) is 17.8 Å². The summed E-state index contributed by atoms with van der Waals surface area (Å²) in [7, 11) is 1.67. The highest BCUT2D eigenvalue weighted by molar-refractivity contribution is 5.27. The lowest BCUT2D eigenvalue weighted by Gasteiger charge is -2.08. The second kappa shape index (κ2) is 8.33. The van der Waals surface area contributed by atoms with Gasteiger partial charge in [0.1, 0.15) is 12.4 Å². The summed E-state index contributed by atoms with van der Waals surface area (Å²) in [6, 6.07) is 7.97. The molecule has 2 rings (SSSR count). The Labute approximate surface area is 124 Å². The number of aromatic nitrogens is 4. The van der Waals surface area contributed by atoms with Gasteiger partial charge in [0.2, 0.25) is 0 Å². The second-order valence-electron chi connectivity index (χ2n) is 4.65. The van der Waals surface area contributed by atoms with Gasteiger partial charge in [-0.2, -0.15) is 0 Å². The summed E-state index contributed by atoms with van der Waals surface area (Å²) >= 11 is 0. The van der Waals surface area contributed by atoms with Gasteiger partial charge in [-0.1, -0.05) is 12.1 Å². The molecule has 0 radical (unpaired) electrons. The van der Waals surface area contributed by atoms with Crippen LogP contribution in [0.15, 0.2) is 24.3 Å². The van der Waals surface area contributed by atoms with E-state index in [9.17, 15) is 0 Å². The first-order valence-electron chi connectivity index (χ1n) is 6.94. The molecule has 0 fully saturated rings. The molecule has 0 saturated heterocycles. The summed E-state index contributed by atoms with van der Waals surface area (Å²) in [6.07, 6.45) is 0. The van der Waals surface area contributed by atoms with Crippen molar-refractivity contribution in [1.82, 2.24) is 25.5 Å². The highest BCUT2D eigenvalue weighted by atomic mass is 16.5. The number of aryl methyl sites for hydroxylation is 1. The zero-order chi connectivity index (χ0) is 14.9. The third-order valence-electron chi connectivity index (χ3n) is 2.93. The normalized spacial score (nSPS) is 10.8. The van der Waals surface area contributed by atoms with E-state index in [1.54, 1.807) is 11.8 Å². The topological polar surface area (TPSA) is 74.1 Å². The minimum atomic E-state index is 0.527. The van der Waals surface area contributed by atoms with Gasteiger partial charge in [0.05, 0.1) is 19.7 Å². The highest BCUT2D eigenvalue weighted by Gasteiger charge is 2.05. The predicted octanol–water partition coefficient (Wildman–Crippen LogP) is 0.797. The summed E-state index contributed by atoms with van der Waals surface area (Å²) in [5.41, 5.74) is 1.18. The molecule has 1 aromatic carbocycles. The van der Waals surface area contributed by atoms with Crippen LogP contribution < -0.4 is 10.1 Å². The average molecular weight is 291 g/mol. The second-order valence-corrected chi connectivity index (χ2v) is 4.65. The first-order valence-corrected chi connectivity index (χ1v) is 6.94. The van der Waals surface area contributed by atoms with Crippen LogP contribution >= 0.6 is 0 Å². The molecule has 0 saturated carbocycles. The number of hydrogen-bond donors (Lipinski definition) is 1. The predicted molar refractivity (Wildman–Crippen MR) is 78.1 cm³/mol. The van der Waals surface area contributed by atoms with Crippen molar-refractivity contribution in [2.75, 3.05) is 26.9 Å². The number of tetrazole rings is 1. The minimum absolute atomic E-state index is 0.527. The number of hydrogen-bond acceptors (Lipinski definition) is 6. The van der Waals surface area contributed by atoms with Crippen molar-refractivity contribution >= 4 is 0 Å². The Balaban J connectivity index is 1.77. The van der Waals surface area contributed by atoms with Crippen LogP contribution in [0.4, 0.5) is 0 Å². The molecule has 0 spiro atoms. The molecule has 1 heterocycles. The summed E-state index contributed by atoms with van der Waals surface area (Å²) in [5.74, 6) is 1.65. The fourth-order valence-electron chi connectivity index (χ4n) is 1.85. The molecule has 0 aliphatic heterocycles. The quantitative estimate of drug-likeness (QED) is 0.689. The van der Waals surface area contributed by atoms with E-state index < -0.39 is 0 Å². The summed E-state index contributed by atoms with van der Waals surface area (Å²) in [5, 5.41) is 14.9. The standard InChI is InChI=1S/C14H21N5O2/c1-12-4-3-5-13(10-12)21-9-7-19-14(16-17-18-19)11-15-6-8-20-2/h3-5,10,15H,6-9,11H2,1-2H3. The Bertz CT molecular complexity index is 544. The van der Waals surface area contributed by atoms with E-state index in [2.05, 4.69) is 20.8 Å². The van der Waals surface area contributed by atoms with Crippen LogP contribution in [0, 0.1) is 6.92 Å². The molecule has 0 bridgehead atoms. The van der Waals surface area contributed by atoms with E-state index in [1.165, 1.54) is 5.56 Å². The van der Waals surface area contributed by atoms with E-state index in [0.717, 1.165) is 18.1 Å². The number of rotatable bonds is 9. The molecule has 0 aliphatic carbocycles. The van der Waals surface area contributed by atoms with Crippen molar-refractivity contribution in [3.8, 4) is 5.75 Å². The Kier molecular flexibility index (Phi) is 6.11. The molecule has 21 heavy (non-hydrogen) atoms. The molecule has 7 heteroatoms. The Morgan fingerprint density at radius 1 is 1.29 bits per heavy atom. The SMILES string of the molecule is COCCNCc1nnnn1CCOc1cccc(C)c1. The van der Waals surface area contributed by atoms with Gasteiger partial charge in [-0.25, -0.2) is 4.68 Å². The summed E-state index contributed by atoms with van der Waals surface area (Å²) in [4.78, 5) is 0. The molecule has 0 amide bonds. The number of benzene rings is 1. The maximum atomic E-state index is 5.70. The monoisotopic (exact) mass is 291 g/mol. The van der Waals surface area contributed by atoms with E-state index >= 15 is 0 Å². The fourth-order valence-corrected chi connectivity index (χ4v) is 1.85. The maximum absolute atomic E-state index is 5.70. The summed E-state index contributed by atoms with van der Waals surface area (Å²) < 4.78 is 12.4. The van der Waals surface area contributed by atoms with Crippen LogP contribution in [0.25, 0.3) is 0 Å². The van der Waals surface area contributed by atoms with E-state index in [-0.39, 0.29) is 0 Å². The Morgan fingerprint density at radius 2 is 2.19 bits per heavy atom. The third kappa shape index (κ3) is 5.13. The zero-order valence-corrected chi connectivity index (χ0v) is 12.5. The number of nitrogens with zero attached hydrogens (tertiary/aromatic N) is 4. The Hall–Kier alpha value is -1.99. The first-order chi connectivity index (χ1) is 10.3. The minimum Gasteiger partial charge on any atom is -0.492 e. The van der Waals surface area contributed by atoms with Gasteiger partial charge in [0.15, 0.2) is 5.82 Å². The van der Waals surface area contributed by atoms with Gasteiger partial charge in [0.25, 0.3) is 0 Å². The maximum Gasteiger partial charge on any atom is 0.165 e. The van der Waals surface area contributed by atoms with Crippen LogP contribution in [0.2, 0.25) is 0 Å². The van der Waals surface area contributed by atoms with Crippen LogP contribution in [0.3, 0.4) is 0 Å². The molecule has 0 unspecified atom stereocenters. The van der Waals surface area contributed by atoms with E-state index in [4.69, 9.17) is 9.47 Å². The number of nitrogens with one attached hydrogen (secondary N) is 1. The van der Waals surface area contributed by atoms with Gasteiger partial charge >= 0.3 is 0 Å². The lowest BCUT2D eigenvalue weighted by molar-refractivity contribution is 0.198. The largest absolute Gasteiger partial charge is 0.492 e.